The summed E-state index contributed by atoms with van der Waals surface area (Å²) in [4.78, 5) is 22.8. The molecule has 4 N–H and O–H groups in total. The first kappa shape index (κ1) is 15.2. The molecule has 0 unspecified atom stereocenters. The summed E-state index contributed by atoms with van der Waals surface area (Å²) < 4.78 is 0. The molecule has 0 aromatic heterocycles. The van der Waals surface area contributed by atoms with Gasteiger partial charge in [0.05, 0.1) is 12.0 Å². The SMILES string of the molecule is CC(C)(CN)C(=O)NCC(=O)NC1CC1.Cl. The van der Waals surface area contributed by atoms with E-state index in [1.165, 1.54) is 0 Å². The molecule has 0 radical (unpaired) electrons. The summed E-state index contributed by atoms with van der Waals surface area (Å²) >= 11 is 0. The quantitative estimate of drug-likeness (QED) is 0.630. The van der Waals surface area contributed by atoms with Gasteiger partial charge in [-0.05, 0) is 26.7 Å². The van der Waals surface area contributed by atoms with E-state index in [1.54, 1.807) is 13.8 Å². The van der Waals surface area contributed by atoms with E-state index in [-0.39, 0.29) is 37.3 Å². The Bertz CT molecular complexity index is 265. The predicted molar refractivity (Wildman–Crippen MR) is 64.3 cm³/mol. The highest BCUT2D eigenvalue weighted by Crippen LogP contribution is 2.18. The van der Waals surface area contributed by atoms with Crippen LogP contribution < -0.4 is 16.4 Å². The van der Waals surface area contributed by atoms with Gasteiger partial charge in [-0.1, -0.05) is 0 Å². The average Bonchev–Trinajstić information content (AvgIpc) is 2.97. The van der Waals surface area contributed by atoms with E-state index in [1.807, 2.05) is 0 Å². The Morgan fingerprint density at radius 3 is 2.38 bits per heavy atom. The largest absolute Gasteiger partial charge is 0.352 e. The fourth-order valence-electron chi connectivity index (χ4n) is 0.999. The van der Waals surface area contributed by atoms with Crippen molar-refractivity contribution in [3.05, 3.63) is 0 Å². The minimum Gasteiger partial charge on any atom is -0.352 e. The zero-order valence-electron chi connectivity index (χ0n) is 9.71. The van der Waals surface area contributed by atoms with Crippen molar-refractivity contribution in [2.24, 2.45) is 11.1 Å². The Kier molecular flexibility index (Phi) is 5.75. The monoisotopic (exact) mass is 249 g/mol. The number of hydrogen-bond acceptors (Lipinski definition) is 3. The minimum atomic E-state index is -0.611. The van der Waals surface area contributed by atoms with E-state index in [4.69, 9.17) is 5.73 Å². The van der Waals surface area contributed by atoms with Crippen molar-refractivity contribution in [1.82, 2.24) is 10.6 Å². The van der Waals surface area contributed by atoms with Gasteiger partial charge in [-0.2, -0.15) is 0 Å². The second kappa shape index (κ2) is 6.06. The van der Waals surface area contributed by atoms with Gasteiger partial charge in [0.15, 0.2) is 0 Å². The molecule has 2 amide bonds. The molecule has 0 aromatic carbocycles. The van der Waals surface area contributed by atoms with Gasteiger partial charge in [0.1, 0.15) is 0 Å². The number of amides is 2. The van der Waals surface area contributed by atoms with Crippen LogP contribution in [0.5, 0.6) is 0 Å². The van der Waals surface area contributed by atoms with Crippen molar-refractivity contribution in [3.63, 3.8) is 0 Å². The molecule has 0 saturated heterocycles. The fourth-order valence-corrected chi connectivity index (χ4v) is 0.999. The third-order valence-corrected chi connectivity index (χ3v) is 2.48. The van der Waals surface area contributed by atoms with Crippen LogP contribution in [0.1, 0.15) is 26.7 Å². The molecule has 5 nitrogen and oxygen atoms in total. The Morgan fingerprint density at radius 2 is 1.94 bits per heavy atom. The minimum absolute atomic E-state index is 0. The van der Waals surface area contributed by atoms with Gasteiger partial charge < -0.3 is 16.4 Å². The normalized spacial score (nSPS) is 14.9. The Morgan fingerprint density at radius 1 is 1.38 bits per heavy atom. The second-order valence-electron chi connectivity index (χ2n) is 4.61. The van der Waals surface area contributed by atoms with Gasteiger partial charge in [-0.3, -0.25) is 9.59 Å². The van der Waals surface area contributed by atoms with E-state index in [9.17, 15) is 9.59 Å². The van der Waals surface area contributed by atoms with Crippen molar-refractivity contribution < 1.29 is 9.59 Å². The lowest BCUT2D eigenvalue weighted by Crippen LogP contribution is -2.45. The van der Waals surface area contributed by atoms with Crippen LogP contribution in [-0.4, -0.2) is 30.9 Å². The molecule has 16 heavy (non-hydrogen) atoms. The maximum absolute atomic E-state index is 11.5. The highest BCUT2D eigenvalue weighted by molar-refractivity contribution is 5.87. The lowest BCUT2D eigenvalue weighted by molar-refractivity contribution is -0.131. The Labute approximate surface area is 102 Å². The molecule has 0 aliphatic heterocycles. The van der Waals surface area contributed by atoms with Crippen LogP contribution in [0.3, 0.4) is 0 Å². The third kappa shape index (κ3) is 4.81. The summed E-state index contributed by atoms with van der Waals surface area (Å²) in [5.74, 6) is -0.311. The van der Waals surface area contributed by atoms with Crippen LogP contribution in [0.15, 0.2) is 0 Å². The van der Waals surface area contributed by atoms with E-state index in [2.05, 4.69) is 10.6 Å². The molecule has 0 spiro atoms. The number of rotatable bonds is 5. The van der Waals surface area contributed by atoms with E-state index < -0.39 is 5.41 Å². The number of hydrogen-bond donors (Lipinski definition) is 3. The molecule has 1 aliphatic carbocycles. The van der Waals surface area contributed by atoms with E-state index >= 15 is 0 Å². The van der Waals surface area contributed by atoms with Crippen molar-refractivity contribution >= 4 is 24.2 Å². The predicted octanol–water partition coefficient (Wildman–Crippen LogP) is -0.212. The van der Waals surface area contributed by atoms with Crippen LogP contribution in [0.2, 0.25) is 0 Å². The molecular formula is C10H20ClN3O2. The summed E-state index contributed by atoms with van der Waals surface area (Å²) in [7, 11) is 0. The molecule has 0 atom stereocenters. The number of carbonyl (C=O) groups is 2. The molecule has 0 aromatic rings. The summed E-state index contributed by atoms with van der Waals surface area (Å²) in [6.07, 6.45) is 2.10. The maximum atomic E-state index is 11.5. The van der Waals surface area contributed by atoms with Gasteiger partial charge >= 0.3 is 0 Å². The summed E-state index contributed by atoms with van der Waals surface area (Å²) in [5.41, 5.74) is 4.83. The average molecular weight is 250 g/mol. The first-order valence-electron chi connectivity index (χ1n) is 5.23. The van der Waals surface area contributed by atoms with Crippen molar-refractivity contribution in [2.45, 2.75) is 32.7 Å². The van der Waals surface area contributed by atoms with Crippen molar-refractivity contribution in [3.8, 4) is 0 Å². The number of nitrogens with one attached hydrogen (secondary N) is 2. The Hall–Kier alpha value is -0.810. The standard InChI is InChI=1S/C10H19N3O2.ClH/c1-10(2,6-11)9(15)12-5-8(14)13-7-3-4-7;/h7H,3-6,11H2,1-2H3,(H,12,15)(H,13,14);1H. The molecule has 94 valence electrons. The summed E-state index contributed by atoms with van der Waals surface area (Å²) in [6, 6.07) is 0.330. The van der Waals surface area contributed by atoms with Gasteiger partial charge in [0, 0.05) is 12.6 Å². The summed E-state index contributed by atoms with van der Waals surface area (Å²) in [5, 5.41) is 5.37. The zero-order chi connectivity index (χ0) is 11.5. The van der Waals surface area contributed by atoms with Gasteiger partial charge in [-0.25, -0.2) is 0 Å². The molecule has 6 heteroatoms. The molecule has 1 saturated carbocycles. The van der Waals surface area contributed by atoms with E-state index in [0.717, 1.165) is 12.8 Å². The molecule has 0 heterocycles. The Balaban J connectivity index is 0.00000225. The van der Waals surface area contributed by atoms with E-state index in [0.29, 0.717) is 6.04 Å². The summed E-state index contributed by atoms with van der Waals surface area (Å²) in [6.45, 7) is 3.81. The maximum Gasteiger partial charge on any atom is 0.239 e. The topological polar surface area (TPSA) is 84.2 Å². The first-order valence-corrected chi connectivity index (χ1v) is 5.23. The lowest BCUT2D eigenvalue weighted by atomic mass is 9.93. The van der Waals surface area contributed by atoms with Gasteiger partial charge in [0.25, 0.3) is 0 Å². The number of carbonyl (C=O) groups excluding carboxylic acids is 2. The molecule has 0 bridgehead atoms. The van der Waals surface area contributed by atoms with Crippen LogP contribution in [0.4, 0.5) is 0 Å². The van der Waals surface area contributed by atoms with Crippen LogP contribution in [-0.2, 0) is 9.59 Å². The highest BCUT2D eigenvalue weighted by Gasteiger charge is 2.27. The van der Waals surface area contributed by atoms with Crippen molar-refractivity contribution in [2.75, 3.05) is 13.1 Å². The van der Waals surface area contributed by atoms with Crippen LogP contribution in [0.25, 0.3) is 0 Å². The highest BCUT2D eigenvalue weighted by atomic mass is 35.5. The van der Waals surface area contributed by atoms with Crippen LogP contribution in [0, 0.1) is 5.41 Å². The molecular weight excluding hydrogens is 230 g/mol. The van der Waals surface area contributed by atoms with Gasteiger partial charge in [-0.15, -0.1) is 12.4 Å². The molecule has 1 rings (SSSR count). The number of nitrogens with two attached hydrogens (primary N) is 1. The first-order chi connectivity index (χ1) is 6.95. The smallest absolute Gasteiger partial charge is 0.239 e. The fraction of sp³-hybridized carbons (Fsp3) is 0.800. The van der Waals surface area contributed by atoms with Crippen molar-refractivity contribution in [1.29, 1.82) is 0 Å². The van der Waals surface area contributed by atoms with Gasteiger partial charge in [0.2, 0.25) is 11.8 Å². The molecule has 1 fully saturated rings. The van der Waals surface area contributed by atoms with Crippen LogP contribution >= 0.6 is 12.4 Å². The number of halogens is 1. The third-order valence-electron chi connectivity index (χ3n) is 2.48. The zero-order valence-corrected chi connectivity index (χ0v) is 10.5. The molecule has 1 aliphatic rings. The lowest BCUT2D eigenvalue weighted by Gasteiger charge is -2.20. The second-order valence-corrected chi connectivity index (χ2v) is 4.61.